The van der Waals surface area contributed by atoms with E-state index in [0.29, 0.717) is 0 Å². The van der Waals surface area contributed by atoms with Crippen LogP contribution in [0.4, 0.5) is 4.79 Å². The van der Waals surface area contributed by atoms with Crippen molar-refractivity contribution < 1.29 is 4.79 Å². The monoisotopic (exact) mass is 222 g/mol. The van der Waals surface area contributed by atoms with Gasteiger partial charge in [-0.25, -0.2) is 9.78 Å². The lowest BCUT2D eigenvalue weighted by atomic mass is 10.4. The maximum atomic E-state index is 11.5. The Morgan fingerprint density at radius 1 is 1.38 bits per heavy atom. The van der Waals surface area contributed by atoms with Gasteiger partial charge in [-0.2, -0.15) is 0 Å². The van der Waals surface area contributed by atoms with E-state index in [0.717, 1.165) is 19.5 Å². The first kappa shape index (κ1) is 11.1. The highest BCUT2D eigenvalue weighted by Gasteiger charge is 2.10. The number of hydrogen-bond acceptors (Lipinski definition) is 3. The zero-order valence-corrected chi connectivity index (χ0v) is 9.43. The van der Waals surface area contributed by atoms with E-state index in [9.17, 15) is 4.79 Å². The van der Waals surface area contributed by atoms with Gasteiger partial charge >= 0.3 is 6.03 Å². The first-order valence-electron chi connectivity index (χ1n) is 5.85. The molecule has 0 atom stereocenters. The number of carbonyl (C=O) groups excluding carboxylic acids is 1. The average molecular weight is 222 g/mol. The summed E-state index contributed by atoms with van der Waals surface area (Å²) in [6.07, 6.45) is 8.42. The maximum Gasteiger partial charge on any atom is 0.326 e. The van der Waals surface area contributed by atoms with Crippen LogP contribution in [0.2, 0.25) is 0 Å². The third-order valence-corrected chi connectivity index (χ3v) is 2.86. The Hall–Kier alpha value is -1.36. The average Bonchev–Trinajstić information content (AvgIpc) is 2.96. The second-order valence-corrected chi connectivity index (χ2v) is 4.10. The summed E-state index contributed by atoms with van der Waals surface area (Å²) in [5.74, 6) is 0. The molecular formula is C11H18N4O. The molecule has 0 saturated carbocycles. The molecule has 5 nitrogen and oxygen atoms in total. The number of likely N-dealkylation sites (tertiary alicyclic amines) is 1. The van der Waals surface area contributed by atoms with Gasteiger partial charge in [0.1, 0.15) is 6.33 Å². The molecule has 1 N–H and O–H groups in total. The second kappa shape index (κ2) is 5.65. The Bertz CT molecular complexity index is 317. The molecule has 1 fully saturated rings. The number of nitrogens with one attached hydrogen (secondary N) is 1. The van der Waals surface area contributed by atoms with Crippen molar-refractivity contribution in [3.63, 3.8) is 0 Å². The number of amides is 1. The number of aromatic nitrogens is 2. The van der Waals surface area contributed by atoms with Crippen LogP contribution < -0.4 is 5.32 Å². The van der Waals surface area contributed by atoms with Gasteiger partial charge in [0.15, 0.2) is 0 Å². The summed E-state index contributed by atoms with van der Waals surface area (Å²) in [7, 11) is 0. The first-order valence-corrected chi connectivity index (χ1v) is 5.85. The normalized spacial score (nSPS) is 16.5. The van der Waals surface area contributed by atoms with Crippen molar-refractivity contribution >= 4 is 6.03 Å². The fourth-order valence-corrected chi connectivity index (χ4v) is 1.97. The zero-order chi connectivity index (χ0) is 11.2. The van der Waals surface area contributed by atoms with E-state index in [2.05, 4.69) is 15.2 Å². The Balaban J connectivity index is 1.59. The van der Waals surface area contributed by atoms with Crippen LogP contribution in [-0.4, -0.2) is 46.7 Å². The van der Waals surface area contributed by atoms with Crippen molar-refractivity contribution in [2.75, 3.05) is 26.2 Å². The molecule has 1 aliphatic rings. The van der Waals surface area contributed by atoms with Gasteiger partial charge in [0.25, 0.3) is 0 Å². The van der Waals surface area contributed by atoms with E-state index in [1.807, 2.05) is 0 Å². The molecule has 0 spiro atoms. The summed E-state index contributed by atoms with van der Waals surface area (Å²) in [4.78, 5) is 17.8. The van der Waals surface area contributed by atoms with Crippen LogP contribution in [0.3, 0.4) is 0 Å². The van der Waals surface area contributed by atoms with Crippen LogP contribution in [0, 0.1) is 0 Å². The molecule has 0 unspecified atom stereocenters. The Morgan fingerprint density at radius 2 is 2.19 bits per heavy atom. The number of imidazole rings is 1. The highest BCUT2D eigenvalue weighted by Crippen LogP contribution is 2.06. The van der Waals surface area contributed by atoms with Gasteiger partial charge in [-0.3, -0.25) is 4.57 Å². The van der Waals surface area contributed by atoms with Crippen LogP contribution >= 0.6 is 0 Å². The van der Waals surface area contributed by atoms with Crippen LogP contribution in [-0.2, 0) is 0 Å². The smallest absolute Gasteiger partial charge is 0.326 e. The minimum atomic E-state index is -0.0982. The van der Waals surface area contributed by atoms with E-state index in [1.165, 1.54) is 36.8 Å². The molecule has 2 rings (SSSR count). The first-order chi connectivity index (χ1) is 7.86. The van der Waals surface area contributed by atoms with Gasteiger partial charge in [-0.15, -0.1) is 0 Å². The lowest BCUT2D eigenvalue weighted by molar-refractivity contribution is 0.241. The minimum Gasteiger partial charge on any atom is -0.337 e. The zero-order valence-electron chi connectivity index (χ0n) is 9.43. The molecule has 16 heavy (non-hydrogen) atoms. The highest BCUT2D eigenvalue weighted by atomic mass is 16.2. The Kier molecular flexibility index (Phi) is 3.93. The van der Waals surface area contributed by atoms with Gasteiger partial charge in [0.2, 0.25) is 0 Å². The molecule has 5 heteroatoms. The SMILES string of the molecule is O=C(NCCCN1CCCC1)n1ccnc1. The van der Waals surface area contributed by atoms with E-state index in [4.69, 9.17) is 0 Å². The summed E-state index contributed by atoms with van der Waals surface area (Å²) in [5, 5.41) is 2.87. The topological polar surface area (TPSA) is 50.2 Å². The Morgan fingerprint density at radius 3 is 2.88 bits per heavy atom. The van der Waals surface area contributed by atoms with Gasteiger partial charge in [0.05, 0.1) is 0 Å². The summed E-state index contributed by atoms with van der Waals surface area (Å²) in [6.45, 7) is 4.25. The van der Waals surface area contributed by atoms with Gasteiger partial charge in [-0.1, -0.05) is 0 Å². The Labute approximate surface area is 95.5 Å². The third kappa shape index (κ3) is 3.06. The number of hydrogen-bond donors (Lipinski definition) is 1. The van der Waals surface area contributed by atoms with Crippen molar-refractivity contribution in [2.24, 2.45) is 0 Å². The summed E-state index contributed by atoms with van der Waals surface area (Å²) in [5.41, 5.74) is 0. The van der Waals surface area contributed by atoms with E-state index in [-0.39, 0.29) is 6.03 Å². The van der Waals surface area contributed by atoms with Crippen molar-refractivity contribution in [3.8, 4) is 0 Å². The molecule has 1 aromatic rings. The van der Waals surface area contributed by atoms with Crippen LogP contribution in [0.1, 0.15) is 19.3 Å². The van der Waals surface area contributed by atoms with Crippen LogP contribution in [0.15, 0.2) is 18.7 Å². The summed E-state index contributed by atoms with van der Waals surface area (Å²) in [6, 6.07) is -0.0982. The number of rotatable bonds is 4. The molecule has 0 bridgehead atoms. The summed E-state index contributed by atoms with van der Waals surface area (Å²) < 4.78 is 1.45. The fraction of sp³-hybridized carbons (Fsp3) is 0.636. The lowest BCUT2D eigenvalue weighted by Gasteiger charge is -2.14. The van der Waals surface area contributed by atoms with Gasteiger partial charge < -0.3 is 10.2 Å². The predicted molar refractivity (Wildman–Crippen MR) is 61.3 cm³/mol. The molecule has 0 radical (unpaired) electrons. The quantitative estimate of drug-likeness (QED) is 0.771. The second-order valence-electron chi connectivity index (χ2n) is 4.10. The molecule has 1 amide bonds. The molecule has 0 aromatic carbocycles. The largest absolute Gasteiger partial charge is 0.337 e. The third-order valence-electron chi connectivity index (χ3n) is 2.86. The molecule has 88 valence electrons. The van der Waals surface area contributed by atoms with Crippen molar-refractivity contribution in [1.82, 2.24) is 19.8 Å². The highest BCUT2D eigenvalue weighted by molar-refractivity contribution is 5.76. The molecule has 1 saturated heterocycles. The molecule has 2 heterocycles. The van der Waals surface area contributed by atoms with Gasteiger partial charge in [0, 0.05) is 18.9 Å². The van der Waals surface area contributed by atoms with Gasteiger partial charge in [-0.05, 0) is 38.9 Å². The summed E-state index contributed by atoms with van der Waals surface area (Å²) >= 11 is 0. The number of nitrogens with zero attached hydrogens (tertiary/aromatic N) is 3. The van der Waals surface area contributed by atoms with E-state index < -0.39 is 0 Å². The number of carbonyl (C=O) groups is 1. The van der Waals surface area contributed by atoms with E-state index >= 15 is 0 Å². The van der Waals surface area contributed by atoms with Crippen LogP contribution in [0.5, 0.6) is 0 Å². The predicted octanol–water partition coefficient (Wildman–Crippen LogP) is 0.927. The fourth-order valence-electron chi connectivity index (χ4n) is 1.97. The van der Waals surface area contributed by atoms with Crippen molar-refractivity contribution in [1.29, 1.82) is 0 Å². The molecule has 1 aromatic heterocycles. The molecular weight excluding hydrogens is 204 g/mol. The van der Waals surface area contributed by atoms with Crippen molar-refractivity contribution in [2.45, 2.75) is 19.3 Å². The lowest BCUT2D eigenvalue weighted by Crippen LogP contribution is -2.31. The van der Waals surface area contributed by atoms with Crippen LogP contribution in [0.25, 0.3) is 0 Å². The molecule has 1 aliphatic heterocycles. The maximum absolute atomic E-state index is 11.5. The molecule has 0 aliphatic carbocycles. The van der Waals surface area contributed by atoms with E-state index in [1.54, 1.807) is 12.4 Å². The minimum absolute atomic E-state index is 0.0982. The van der Waals surface area contributed by atoms with Crippen molar-refractivity contribution in [3.05, 3.63) is 18.7 Å². The standard InChI is InChI=1S/C11H18N4O/c16-11(15-9-5-12-10-15)13-4-3-8-14-6-1-2-7-14/h5,9-10H,1-4,6-8H2,(H,13,16).